The number of benzene rings is 2. The van der Waals surface area contributed by atoms with Crippen LogP contribution in [0.3, 0.4) is 0 Å². The fourth-order valence-electron chi connectivity index (χ4n) is 2.90. The molecular weight excluding hydrogens is 318 g/mol. The largest absolute Gasteiger partial charge is 0.497 e. The van der Waals surface area contributed by atoms with Crippen LogP contribution in [0.4, 0.5) is 0 Å². The van der Waals surface area contributed by atoms with Gasteiger partial charge in [-0.3, -0.25) is 4.90 Å². The average Bonchev–Trinajstić information content (AvgIpc) is 3.10. The lowest BCUT2D eigenvalue weighted by molar-refractivity contribution is 0.101. The molecule has 1 aliphatic heterocycles. The average molecular weight is 343 g/mol. The molecule has 0 aromatic heterocycles. The lowest BCUT2D eigenvalue weighted by Gasteiger charge is -2.25. The van der Waals surface area contributed by atoms with E-state index in [9.17, 15) is 5.11 Å². The molecule has 25 heavy (non-hydrogen) atoms. The molecule has 0 spiro atoms. The topological polar surface area (TPSA) is 51.2 Å². The van der Waals surface area contributed by atoms with Crippen LogP contribution in [0.5, 0.6) is 17.2 Å². The number of rotatable bonds is 8. The number of methoxy groups -OCH3 is 1. The van der Waals surface area contributed by atoms with Crippen LogP contribution in [0.1, 0.15) is 24.5 Å². The zero-order valence-electron chi connectivity index (χ0n) is 14.8. The second kappa shape index (κ2) is 8.23. The van der Waals surface area contributed by atoms with Crippen molar-refractivity contribution >= 4 is 0 Å². The van der Waals surface area contributed by atoms with Gasteiger partial charge in [-0.15, -0.1) is 0 Å². The van der Waals surface area contributed by atoms with E-state index in [2.05, 4.69) is 17.0 Å². The summed E-state index contributed by atoms with van der Waals surface area (Å²) in [5, 5.41) is 10.1. The van der Waals surface area contributed by atoms with E-state index in [-0.39, 0.29) is 12.9 Å². The highest BCUT2D eigenvalue weighted by Gasteiger charge is 2.16. The molecule has 0 radical (unpaired) electrons. The summed E-state index contributed by atoms with van der Waals surface area (Å²) in [6.45, 7) is 4.39. The number of nitrogens with zero attached hydrogens (tertiary/aromatic N) is 1. The first-order chi connectivity index (χ1) is 12.2. The third-order valence-electron chi connectivity index (χ3n) is 4.35. The van der Waals surface area contributed by atoms with Crippen LogP contribution in [0.15, 0.2) is 42.5 Å². The summed E-state index contributed by atoms with van der Waals surface area (Å²) in [5.41, 5.74) is 2.32. The second-order valence-electron chi connectivity index (χ2n) is 6.27. The van der Waals surface area contributed by atoms with Crippen LogP contribution >= 0.6 is 0 Å². The number of fused-ring (bicyclic) bond motifs is 1. The van der Waals surface area contributed by atoms with Gasteiger partial charge in [0.1, 0.15) is 5.75 Å². The van der Waals surface area contributed by atoms with E-state index < -0.39 is 0 Å². The fourth-order valence-corrected chi connectivity index (χ4v) is 2.90. The van der Waals surface area contributed by atoms with Gasteiger partial charge in [0.05, 0.1) is 13.2 Å². The van der Waals surface area contributed by atoms with Crippen LogP contribution in [0.2, 0.25) is 0 Å². The molecule has 134 valence electrons. The van der Waals surface area contributed by atoms with Crippen molar-refractivity contribution in [2.24, 2.45) is 0 Å². The number of aliphatic hydroxyl groups excluding tert-OH is 1. The second-order valence-corrected chi connectivity index (χ2v) is 6.27. The first-order valence-corrected chi connectivity index (χ1v) is 8.59. The number of hydrogen-bond donors (Lipinski definition) is 1. The number of aliphatic hydroxyl groups is 1. The predicted molar refractivity (Wildman–Crippen MR) is 96.0 cm³/mol. The minimum Gasteiger partial charge on any atom is -0.497 e. The van der Waals surface area contributed by atoms with E-state index in [0.29, 0.717) is 6.54 Å². The van der Waals surface area contributed by atoms with Crippen LogP contribution in [-0.2, 0) is 13.1 Å². The van der Waals surface area contributed by atoms with Crippen molar-refractivity contribution in [1.82, 2.24) is 4.90 Å². The molecule has 1 unspecified atom stereocenters. The first kappa shape index (κ1) is 17.6. The quantitative estimate of drug-likeness (QED) is 0.798. The van der Waals surface area contributed by atoms with Crippen molar-refractivity contribution in [3.05, 3.63) is 53.6 Å². The summed E-state index contributed by atoms with van der Waals surface area (Å²) in [4.78, 5) is 2.24. The molecule has 1 N–H and O–H groups in total. The third kappa shape index (κ3) is 4.65. The van der Waals surface area contributed by atoms with Crippen molar-refractivity contribution in [1.29, 1.82) is 0 Å². The van der Waals surface area contributed by atoms with E-state index in [0.717, 1.165) is 42.3 Å². The van der Waals surface area contributed by atoms with Crippen molar-refractivity contribution in [3.63, 3.8) is 0 Å². The van der Waals surface area contributed by atoms with Gasteiger partial charge in [0.25, 0.3) is 0 Å². The third-order valence-corrected chi connectivity index (χ3v) is 4.35. The van der Waals surface area contributed by atoms with E-state index >= 15 is 0 Å². The molecule has 0 aliphatic carbocycles. The van der Waals surface area contributed by atoms with Gasteiger partial charge in [0, 0.05) is 19.6 Å². The maximum absolute atomic E-state index is 10.1. The highest BCUT2D eigenvalue weighted by Crippen LogP contribution is 2.33. The zero-order valence-corrected chi connectivity index (χ0v) is 14.8. The molecule has 2 aromatic rings. The molecular formula is C20H25NO4. The molecule has 1 atom stereocenters. The van der Waals surface area contributed by atoms with E-state index in [1.54, 1.807) is 7.11 Å². The van der Waals surface area contributed by atoms with E-state index in [4.69, 9.17) is 14.2 Å². The Morgan fingerprint density at radius 2 is 1.72 bits per heavy atom. The van der Waals surface area contributed by atoms with Gasteiger partial charge in [0.15, 0.2) is 11.5 Å². The Bertz CT molecular complexity index is 687. The van der Waals surface area contributed by atoms with Gasteiger partial charge in [-0.2, -0.15) is 0 Å². The maximum atomic E-state index is 10.1. The normalized spacial score (nSPS) is 13.9. The monoisotopic (exact) mass is 343 g/mol. The van der Waals surface area contributed by atoms with E-state index in [1.807, 2.05) is 37.3 Å². The molecule has 0 saturated carbocycles. The Kier molecular flexibility index (Phi) is 5.79. The molecule has 5 heteroatoms. The van der Waals surface area contributed by atoms with Gasteiger partial charge in [0.2, 0.25) is 6.79 Å². The van der Waals surface area contributed by atoms with Crippen molar-refractivity contribution in [2.75, 3.05) is 20.4 Å². The SMILES string of the molecule is CCC(O)CN(Cc1ccc(OC)cc1)Cc1ccc2c(c1)OCO2. The highest BCUT2D eigenvalue weighted by molar-refractivity contribution is 5.44. The van der Waals surface area contributed by atoms with E-state index in [1.165, 1.54) is 5.56 Å². The summed E-state index contributed by atoms with van der Waals surface area (Å²) >= 11 is 0. The van der Waals surface area contributed by atoms with Crippen molar-refractivity contribution in [3.8, 4) is 17.2 Å². The molecule has 3 rings (SSSR count). The summed E-state index contributed by atoms with van der Waals surface area (Å²) in [5.74, 6) is 2.43. The van der Waals surface area contributed by atoms with Gasteiger partial charge < -0.3 is 19.3 Å². The molecule has 0 bridgehead atoms. The van der Waals surface area contributed by atoms with Crippen LogP contribution in [0.25, 0.3) is 0 Å². The Labute approximate surface area is 148 Å². The molecule has 2 aromatic carbocycles. The molecule has 0 amide bonds. The smallest absolute Gasteiger partial charge is 0.231 e. The van der Waals surface area contributed by atoms with Crippen LogP contribution in [0, 0.1) is 0 Å². The lowest BCUT2D eigenvalue weighted by atomic mass is 10.1. The summed E-state index contributed by atoms with van der Waals surface area (Å²) in [6, 6.07) is 14.1. The van der Waals surface area contributed by atoms with Crippen molar-refractivity contribution in [2.45, 2.75) is 32.5 Å². The minimum absolute atomic E-state index is 0.281. The lowest BCUT2D eigenvalue weighted by Crippen LogP contribution is -2.31. The maximum Gasteiger partial charge on any atom is 0.231 e. The molecule has 0 saturated heterocycles. The Morgan fingerprint density at radius 1 is 1.04 bits per heavy atom. The predicted octanol–water partition coefficient (Wildman–Crippen LogP) is 3.20. The summed E-state index contributed by atoms with van der Waals surface area (Å²) < 4.78 is 16.0. The fraction of sp³-hybridized carbons (Fsp3) is 0.400. The number of hydrogen-bond acceptors (Lipinski definition) is 5. The van der Waals surface area contributed by atoms with Crippen LogP contribution in [-0.4, -0.2) is 36.6 Å². The van der Waals surface area contributed by atoms with Crippen molar-refractivity contribution < 1.29 is 19.3 Å². The Hall–Kier alpha value is -2.24. The molecule has 5 nitrogen and oxygen atoms in total. The minimum atomic E-state index is -0.341. The van der Waals surface area contributed by atoms with Gasteiger partial charge in [-0.1, -0.05) is 25.1 Å². The summed E-state index contributed by atoms with van der Waals surface area (Å²) in [7, 11) is 1.67. The highest BCUT2D eigenvalue weighted by atomic mass is 16.7. The Balaban J connectivity index is 1.71. The van der Waals surface area contributed by atoms with Crippen LogP contribution < -0.4 is 14.2 Å². The Morgan fingerprint density at radius 3 is 2.44 bits per heavy atom. The molecule has 1 heterocycles. The molecule has 1 aliphatic rings. The number of ether oxygens (including phenoxy) is 3. The van der Waals surface area contributed by atoms with Gasteiger partial charge in [-0.25, -0.2) is 0 Å². The summed E-state index contributed by atoms with van der Waals surface area (Å²) in [6.07, 6.45) is 0.396. The van der Waals surface area contributed by atoms with Gasteiger partial charge in [-0.05, 0) is 41.8 Å². The van der Waals surface area contributed by atoms with Gasteiger partial charge >= 0.3 is 0 Å². The standard InChI is InChI=1S/C20H25NO4/c1-3-17(22)13-21(11-15-4-7-18(23-2)8-5-15)12-16-6-9-19-20(10-16)25-14-24-19/h4-10,17,22H,3,11-14H2,1-2H3. The zero-order chi connectivity index (χ0) is 17.6. The first-order valence-electron chi connectivity index (χ1n) is 8.59. The molecule has 0 fully saturated rings.